The van der Waals surface area contributed by atoms with E-state index in [1.165, 1.54) is 6.07 Å². The van der Waals surface area contributed by atoms with Gasteiger partial charge in [-0.1, -0.05) is 29.8 Å². The standard InChI is InChI=1S/C19H16ClFN2O/c20-17-10-15(6-7-18(17)21)14-4-1-5-16(9-14)19(24)23-8-2-3-13(11-22)12-23/h1,4-7,9-10,13H,2-3,8,12H2. The van der Waals surface area contributed by atoms with Gasteiger partial charge in [-0.15, -0.1) is 0 Å². The van der Waals surface area contributed by atoms with Crippen LogP contribution in [0.5, 0.6) is 0 Å². The number of nitrogens with zero attached hydrogens (tertiary/aromatic N) is 2. The molecule has 1 aliphatic rings. The van der Waals surface area contributed by atoms with E-state index in [2.05, 4.69) is 6.07 Å². The quantitative estimate of drug-likeness (QED) is 0.805. The largest absolute Gasteiger partial charge is 0.337 e. The first-order valence-electron chi connectivity index (χ1n) is 7.83. The summed E-state index contributed by atoms with van der Waals surface area (Å²) in [6, 6.07) is 13.9. The molecule has 0 bridgehead atoms. The minimum Gasteiger partial charge on any atom is -0.337 e. The molecule has 1 heterocycles. The summed E-state index contributed by atoms with van der Waals surface area (Å²) in [5, 5.41) is 9.12. The molecule has 122 valence electrons. The molecule has 0 radical (unpaired) electrons. The summed E-state index contributed by atoms with van der Waals surface area (Å²) >= 11 is 5.84. The first-order chi connectivity index (χ1) is 11.6. The fraction of sp³-hybridized carbons (Fsp3) is 0.263. The third-order valence-corrected chi connectivity index (χ3v) is 4.54. The van der Waals surface area contributed by atoms with E-state index in [1.807, 2.05) is 6.07 Å². The summed E-state index contributed by atoms with van der Waals surface area (Å²) < 4.78 is 13.3. The number of rotatable bonds is 2. The van der Waals surface area contributed by atoms with E-state index in [0.717, 1.165) is 24.0 Å². The van der Waals surface area contributed by atoms with Crippen molar-refractivity contribution in [2.45, 2.75) is 12.8 Å². The Bertz CT molecular complexity index is 815. The zero-order chi connectivity index (χ0) is 17.1. The molecule has 1 saturated heterocycles. The smallest absolute Gasteiger partial charge is 0.253 e. The number of nitriles is 1. The van der Waals surface area contributed by atoms with Crippen molar-refractivity contribution < 1.29 is 9.18 Å². The third-order valence-electron chi connectivity index (χ3n) is 4.25. The van der Waals surface area contributed by atoms with Crippen molar-refractivity contribution in [2.75, 3.05) is 13.1 Å². The molecule has 0 saturated carbocycles. The van der Waals surface area contributed by atoms with Gasteiger partial charge in [-0.3, -0.25) is 4.79 Å². The second kappa shape index (κ2) is 7.02. The van der Waals surface area contributed by atoms with Crippen molar-refractivity contribution in [2.24, 2.45) is 5.92 Å². The van der Waals surface area contributed by atoms with Crippen molar-refractivity contribution >= 4 is 17.5 Å². The Labute approximate surface area is 145 Å². The maximum Gasteiger partial charge on any atom is 0.253 e. The van der Waals surface area contributed by atoms with Gasteiger partial charge < -0.3 is 4.90 Å². The minimum absolute atomic E-state index is 0.0529. The summed E-state index contributed by atoms with van der Waals surface area (Å²) in [7, 11) is 0. The first kappa shape index (κ1) is 16.5. The van der Waals surface area contributed by atoms with Gasteiger partial charge in [0.15, 0.2) is 0 Å². The van der Waals surface area contributed by atoms with E-state index in [1.54, 1.807) is 35.2 Å². The highest BCUT2D eigenvalue weighted by atomic mass is 35.5. The van der Waals surface area contributed by atoms with Crippen LogP contribution >= 0.6 is 11.6 Å². The van der Waals surface area contributed by atoms with E-state index >= 15 is 0 Å². The Balaban J connectivity index is 1.86. The summed E-state index contributed by atoms with van der Waals surface area (Å²) in [5.41, 5.74) is 2.12. The van der Waals surface area contributed by atoms with Crippen LogP contribution < -0.4 is 0 Å². The highest BCUT2D eigenvalue weighted by Crippen LogP contribution is 2.26. The molecule has 2 aromatic rings. The van der Waals surface area contributed by atoms with Crippen LogP contribution in [-0.2, 0) is 0 Å². The fourth-order valence-electron chi connectivity index (χ4n) is 2.96. The zero-order valence-corrected chi connectivity index (χ0v) is 13.8. The molecule has 2 aromatic carbocycles. The van der Waals surface area contributed by atoms with E-state index in [4.69, 9.17) is 16.9 Å². The summed E-state index contributed by atoms with van der Waals surface area (Å²) in [6.07, 6.45) is 1.69. The fourth-order valence-corrected chi connectivity index (χ4v) is 3.14. The van der Waals surface area contributed by atoms with E-state index in [0.29, 0.717) is 18.7 Å². The number of halogens is 2. The van der Waals surface area contributed by atoms with Crippen LogP contribution in [0.2, 0.25) is 5.02 Å². The first-order valence-corrected chi connectivity index (χ1v) is 8.20. The number of benzene rings is 2. The van der Waals surface area contributed by atoms with Gasteiger partial charge in [0.25, 0.3) is 5.91 Å². The SMILES string of the molecule is N#CC1CCCN(C(=O)c2cccc(-c3ccc(F)c(Cl)c3)c2)C1. The zero-order valence-electron chi connectivity index (χ0n) is 13.0. The van der Waals surface area contributed by atoms with Gasteiger partial charge in [0.2, 0.25) is 0 Å². The Morgan fingerprint density at radius 1 is 1.25 bits per heavy atom. The minimum atomic E-state index is -0.469. The molecule has 0 N–H and O–H groups in total. The van der Waals surface area contributed by atoms with Crippen LogP contribution in [-0.4, -0.2) is 23.9 Å². The Morgan fingerprint density at radius 3 is 2.79 bits per heavy atom. The molecule has 1 amide bonds. The number of hydrogen-bond acceptors (Lipinski definition) is 2. The number of piperidine rings is 1. The lowest BCUT2D eigenvalue weighted by Crippen LogP contribution is -2.39. The average molecular weight is 343 g/mol. The molecule has 0 spiro atoms. The molecular formula is C19H16ClFN2O. The lowest BCUT2D eigenvalue weighted by atomic mass is 9.98. The van der Waals surface area contributed by atoms with Gasteiger partial charge in [-0.2, -0.15) is 5.26 Å². The number of carbonyl (C=O) groups excluding carboxylic acids is 1. The maximum atomic E-state index is 13.3. The van der Waals surface area contributed by atoms with E-state index in [-0.39, 0.29) is 16.8 Å². The molecule has 3 rings (SSSR count). The van der Waals surface area contributed by atoms with Crippen molar-refractivity contribution in [1.82, 2.24) is 4.90 Å². The Kier molecular flexibility index (Phi) is 4.82. The Hall–Kier alpha value is -2.38. The molecule has 24 heavy (non-hydrogen) atoms. The van der Waals surface area contributed by atoms with Crippen LogP contribution in [0.1, 0.15) is 23.2 Å². The molecule has 3 nitrogen and oxygen atoms in total. The van der Waals surface area contributed by atoms with Gasteiger partial charge in [-0.25, -0.2) is 4.39 Å². The van der Waals surface area contributed by atoms with Gasteiger partial charge in [0, 0.05) is 18.7 Å². The molecule has 1 atom stereocenters. The summed E-state index contributed by atoms with van der Waals surface area (Å²) in [4.78, 5) is 14.4. The number of carbonyl (C=O) groups is 1. The maximum absolute atomic E-state index is 13.3. The van der Waals surface area contributed by atoms with Crippen molar-refractivity contribution in [3.8, 4) is 17.2 Å². The van der Waals surface area contributed by atoms with Gasteiger partial charge >= 0.3 is 0 Å². The van der Waals surface area contributed by atoms with Crippen LogP contribution in [0.3, 0.4) is 0 Å². The molecular weight excluding hydrogens is 327 g/mol. The Morgan fingerprint density at radius 2 is 2.04 bits per heavy atom. The van der Waals surface area contributed by atoms with Crippen molar-refractivity contribution in [3.05, 3.63) is 58.9 Å². The van der Waals surface area contributed by atoms with Gasteiger partial charge in [-0.05, 0) is 48.2 Å². The second-order valence-electron chi connectivity index (χ2n) is 5.93. The lowest BCUT2D eigenvalue weighted by Gasteiger charge is -2.29. The number of hydrogen-bond donors (Lipinski definition) is 0. The molecule has 1 aliphatic heterocycles. The second-order valence-corrected chi connectivity index (χ2v) is 6.34. The van der Waals surface area contributed by atoms with Crippen LogP contribution in [0.4, 0.5) is 4.39 Å². The summed E-state index contributed by atoms with van der Waals surface area (Å²) in [6.45, 7) is 1.14. The molecule has 0 aromatic heterocycles. The van der Waals surface area contributed by atoms with Crippen molar-refractivity contribution in [3.63, 3.8) is 0 Å². The predicted octanol–water partition coefficient (Wildman–Crippen LogP) is 4.52. The van der Waals surface area contributed by atoms with E-state index < -0.39 is 5.82 Å². The van der Waals surface area contributed by atoms with Crippen molar-refractivity contribution in [1.29, 1.82) is 5.26 Å². The van der Waals surface area contributed by atoms with Crippen LogP contribution in [0.25, 0.3) is 11.1 Å². The van der Waals surface area contributed by atoms with E-state index in [9.17, 15) is 9.18 Å². The third kappa shape index (κ3) is 3.42. The molecule has 1 fully saturated rings. The summed E-state index contributed by atoms with van der Waals surface area (Å²) in [5.74, 6) is -0.643. The average Bonchev–Trinajstić information content (AvgIpc) is 2.63. The molecule has 5 heteroatoms. The monoisotopic (exact) mass is 342 g/mol. The topological polar surface area (TPSA) is 44.1 Å². The molecule has 1 unspecified atom stereocenters. The normalized spacial score (nSPS) is 17.4. The van der Waals surface area contributed by atoms with Gasteiger partial charge in [0.05, 0.1) is 17.0 Å². The van der Waals surface area contributed by atoms with Crippen LogP contribution in [0.15, 0.2) is 42.5 Å². The highest BCUT2D eigenvalue weighted by Gasteiger charge is 2.24. The van der Waals surface area contributed by atoms with Gasteiger partial charge in [0.1, 0.15) is 5.82 Å². The highest BCUT2D eigenvalue weighted by molar-refractivity contribution is 6.31. The number of amides is 1. The predicted molar refractivity (Wildman–Crippen MR) is 91.1 cm³/mol. The molecule has 0 aliphatic carbocycles. The lowest BCUT2D eigenvalue weighted by molar-refractivity contribution is 0.0699. The van der Waals surface area contributed by atoms with Crippen LogP contribution in [0, 0.1) is 23.1 Å². The number of likely N-dealkylation sites (tertiary alicyclic amines) is 1.